The number of rotatable bonds is 2. The molecule has 0 bridgehead atoms. The third-order valence-electron chi connectivity index (χ3n) is 4.58. The first-order valence-corrected chi connectivity index (χ1v) is 7.56. The average Bonchev–Trinajstić information content (AvgIpc) is 3.15. The van der Waals surface area contributed by atoms with Crippen LogP contribution in [0.4, 0.5) is 5.69 Å². The molecule has 3 heterocycles. The van der Waals surface area contributed by atoms with Crippen molar-refractivity contribution in [2.75, 3.05) is 11.9 Å². The second-order valence-electron chi connectivity index (χ2n) is 5.96. The van der Waals surface area contributed by atoms with Crippen molar-refractivity contribution < 1.29 is 0 Å². The fourth-order valence-electron chi connectivity index (χ4n) is 3.45. The van der Waals surface area contributed by atoms with Crippen LogP contribution in [0.1, 0.15) is 36.2 Å². The van der Waals surface area contributed by atoms with Crippen molar-refractivity contribution in [3.8, 4) is 0 Å². The Labute approximate surface area is 122 Å². The van der Waals surface area contributed by atoms with Crippen molar-refractivity contribution in [2.24, 2.45) is 0 Å². The van der Waals surface area contributed by atoms with Gasteiger partial charge in [-0.05, 0) is 30.5 Å². The van der Waals surface area contributed by atoms with Gasteiger partial charge in [0.15, 0.2) is 0 Å². The highest BCUT2D eigenvalue weighted by Crippen LogP contribution is 2.43. The van der Waals surface area contributed by atoms with Crippen LogP contribution in [0.5, 0.6) is 0 Å². The van der Waals surface area contributed by atoms with Crippen molar-refractivity contribution in [3.63, 3.8) is 0 Å². The largest absolute Gasteiger partial charge is 0.384 e. The number of hydrogen-bond acceptors (Lipinski definition) is 3. The summed E-state index contributed by atoms with van der Waals surface area (Å²) in [6, 6.07) is 11.3. The molecule has 4 heteroatoms. The van der Waals surface area contributed by atoms with Crippen molar-refractivity contribution in [2.45, 2.75) is 24.8 Å². The molecule has 5 rings (SSSR count). The molecule has 3 aromatic rings. The number of anilines is 1. The van der Waals surface area contributed by atoms with Crippen LogP contribution < -0.4 is 5.32 Å². The molecule has 0 radical (unpaired) electrons. The van der Waals surface area contributed by atoms with E-state index in [2.05, 4.69) is 45.2 Å². The lowest BCUT2D eigenvalue weighted by molar-refractivity contribution is 0.670. The summed E-state index contributed by atoms with van der Waals surface area (Å²) in [4.78, 5) is 9.14. The monoisotopic (exact) mass is 276 g/mol. The van der Waals surface area contributed by atoms with Crippen LogP contribution in [0, 0.1) is 0 Å². The van der Waals surface area contributed by atoms with Crippen molar-refractivity contribution in [1.29, 1.82) is 0 Å². The molecule has 0 spiro atoms. The Morgan fingerprint density at radius 3 is 2.95 bits per heavy atom. The first-order chi connectivity index (χ1) is 10.4. The fourth-order valence-corrected chi connectivity index (χ4v) is 3.45. The van der Waals surface area contributed by atoms with E-state index in [1.165, 1.54) is 35.4 Å². The van der Waals surface area contributed by atoms with Crippen LogP contribution in [0.15, 0.2) is 42.7 Å². The lowest BCUT2D eigenvalue weighted by Gasteiger charge is -2.13. The number of fused-ring (bicyclic) bond motifs is 2. The lowest BCUT2D eigenvalue weighted by atomic mass is 10.0. The Balaban J connectivity index is 1.73. The fraction of sp³-hybridized carbons (Fsp3) is 0.294. The molecule has 2 aliphatic rings. The van der Waals surface area contributed by atoms with E-state index in [0.29, 0.717) is 12.0 Å². The molecule has 2 aromatic heterocycles. The van der Waals surface area contributed by atoms with Crippen LogP contribution in [0.2, 0.25) is 0 Å². The molecule has 21 heavy (non-hydrogen) atoms. The minimum Gasteiger partial charge on any atom is -0.384 e. The highest BCUT2D eigenvalue weighted by atomic mass is 15.1. The number of para-hydroxylation sites is 1. The molecule has 1 aliphatic carbocycles. The summed E-state index contributed by atoms with van der Waals surface area (Å²) in [6.07, 6.45) is 6.28. The molecule has 4 nitrogen and oxygen atoms in total. The zero-order valence-electron chi connectivity index (χ0n) is 11.7. The van der Waals surface area contributed by atoms with E-state index in [-0.39, 0.29) is 0 Å². The number of pyridine rings is 1. The Kier molecular flexibility index (Phi) is 2.19. The molecular weight excluding hydrogens is 260 g/mol. The zero-order chi connectivity index (χ0) is 13.8. The SMILES string of the molecule is c1ccc2c(c1)NCC2c1nc2cnccc2n1C1CC1. The smallest absolute Gasteiger partial charge is 0.119 e. The van der Waals surface area contributed by atoms with Crippen molar-refractivity contribution in [3.05, 3.63) is 54.1 Å². The molecule has 1 saturated carbocycles. The predicted octanol–water partition coefficient (Wildman–Crippen LogP) is 3.32. The molecule has 1 unspecified atom stereocenters. The minimum absolute atomic E-state index is 0.342. The van der Waals surface area contributed by atoms with E-state index in [0.717, 1.165) is 12.1 Å². The van der Waals surface area contributed by atoms with Gasteiger partial charge in [0, 0.05) is 24.5 Å². The van der Waals surface area contributed by atoms with E-state index in [1.54, 1.807) is 0 Å². The van der Waals surface area contributed by atoms with Gasteiger partial charge in [0.1, 0.15) is 11.3 Å². The number of nitrogens with zero attached hydrogens (tertiary/aromatic N) is 3. The van der Waals surface area contributed by atoms with E-state index < -0.39 is 0 Å². The summed E-state index contributed by atoms with van der Waals surface area (Å²) >= 11 is 0. The van der Waals surface area contributed by atoms with Crippen molar-refractivity contribution in [1.82, 2.24) is 14.5 Å². The van der Waals surface area contributed by atoms with E-state index >= 15 is 0 Å². The predicted molar refractivity (Wildman–Crippen MR) is 82.6 cm³/mol. The van der Waals surface area contributed by atoms with Gasteiger partial charge in [0.25, 0.3) is 0 Å². The van der Waals surface area contributed by atoms with E-state index in [9.17, 15) is 0 Å². The van der Waals surface area contributed by atoms with Crippen LogP contribution in [0.3, 0.4) is 0 Å². The van der Waals surface area contributed by atoms with Crippen LogP contribution in [0.25, 0.3) is 11.0 Å². The van der Waals surface area contributed by atoms with Crippen LogP contribution >= 0.6 is 0 Å². The van der Waals surface area contributed by atoms with E-state index in [4.69, 9.17) is 4.98 Å². The molecule has 104 valence electrons. The summed E-state index contributed by atoms with van der Waals surface area (Å²) in [6.45, 7) is 0.933. The number of hydrogen-bond donors (Lipinski definition) is 1. The maximum absolute atomic E-state index is 4.92. The van der Waals surface area contributed by atoms with Gasteiger partial charge in [-0.2, -0.15) is 0 Å². The Morgan fingerprint density at radius 1 is 1.14 bits per heavy atom. The first-order valence-electron chi connectivity index (χ1n) is 7.56. The maximum atomic E-state index is 4.92. The Morgan fingerprint density at radius 2 is 2.05 bits per heavy atom. The third kappa shape index (κ3) is 1.62. The van der Waals surface area contributed by atoms with Gasteiger partial charge < -0.3 is 9.88 Å². The van der Waals surface area contributed by atoms with Crippen LogP contribution in [-0.2, 0) is 0 Å². The molecule has 0 amide bonds. The van der Waals surface area contributed by atoms with Gasteiger partial charge in [-0.3, -0.25) is 4.98 Å². The Hall–Kier alpha value is -2.36. The molecule has 1 N–H and O–H groups in total. The molecule has 1 aromatic carbocycles. The molecule has 1 aliphatic heterocycles. The standard InChI is InChI=1S/C17H16N4/c1-2-4-14-12(3-1)13(9-19-14)17-20-15-10-18-8-7-16(15)21(17)11-5-6-11/h1-4,7-8,10-11,13,19H,5-6,9H2. The van der Waals surface area contributed by atoms with Gasteiger partial charge in [-0.25, -0.2) is 4.98 Å². The van der Waals surface area contributed by atoms with Gasteiger partial charge >= 0.3 is 0 Å². The van der Waals surface area contributed by atoms with Crippen molar-refractivity contribution >= 4 is 16.7 Å². The minimum atomic E-state index is 0.342. The van der Waals surface area contributed by atoms with E-state index in [1.807, 2.05) is 12.4 Å². The Bertz CT molecular complexity index is 832. The maximum Gasteiger partial charge on any atom is 0.119 e. The average molecular weight is 276 g/mol. The highest BCUT2D eigenvalue weighted by molar-refractivity contribution is 5.76. The second kappa shape index (κ2) is 4.07. The molecule has 0 saturated heterocycles. The summed E-state index contributed by atoms with van der Waals surface area (Å²) in [5.74, 6) is 1.53. The number of benzene rings is 1. The summed E-state index contributed by atoms with van der Waals surface area (Å²) in [5.41, 5.74) is 4.85. The number of imidazole rings is 1. The quantitative estimate of drug-likeness (QED) is 0.780. The highest BCUT2D eigenvalue weighted by Gasteiger charge is 2.34. The lowest BCUT2D eigenvalue weighted by Crippen LogP contribution is -2.11. The normalized spacial score (nSPS) is 20.5. The van der Waals surface area contributed by atoms with Gasteiger partial charge in [-0.15, -0.1) is 0 Å². The first kappa shape index (κ1) is 11.3. The zero-order valence-corrected chi connectivity index (χ0v) is 11.7. The van der Waals surface area contributed by atoms with Gasteiger partial charge in [0.2, 0.25) is 0 Å². The summed E-state index contributed by atoms with van der Waals surface area (Å²) in [7, 11) is 0. The topological polar surface area (TPSA) is 42.7 Å². The van der Waals surface area contributed by atoms with Crippen LogP contribution in [-0.4, -0.2) is 21.1 Å². The van der Waals surface area contributed by atoms with Gasteiger partial charge in [0.05, 0.1) is 17.6 Å². The number of aromatic nitrogens is 3. The molecule has 1 fully saturated rings. The summed E-state index contributed by atoms with van der Waals surface area (Å²) in [5, 5.41) is 3.51. The summed E-state index contributed by atoms with van der Waals surface area (Å²) < 4.78 is 2.45. The van der Waals surface area contributed by atoms with Gasteiger partial charge in [-0.1, -0.05) is 18.2 Å². The molecule has 1 atom stereocenters. The molecular formula is C17H16N4. The second-order valence-corrected chi connectivity index (χ2v) is 5.96. The third-order valence-corrected chi connectivity index (χ3v) is 4.58. The number of nitrogens with one attached hydrogen (secondary N) is 1.